The van der Waals surface area contributed by atoms with E-state index in [9.17, 15) is 4.79 Å². The lowest BCUT2D eigenvalue weighted by atomic mass is 10.1. The first-order valence-corrected chi connectivity index (χ1v) is 5.16. The highest BCUT2D eigenvalue weighted by Gasteiger charge is 2.23. The van der Waals surface area contributed by atoms with Crippen molar-refractivity contribution in [3.63, 3.8) is 0 Å². The van der Waals surface area contributed by atoms with Crippen molar-refractivity contribution in [2.24, 2.45) is 0 Å². The molecule has 0 spiro atoms. The van der Waals surface area contributed by atoms with Crippen molar-refractivity contribution >= 4 is 17.5 Å². The van der Waals surface area contributed by atoms with E-state index in [0.717, 1.165) is 19.4 Å². The predicted octanol–water partition coefficient (Wildman–Crippen LogP) is 2.12. The van der Waals surface area contributed by atoms with Crippen molar-refractivity contribution in [2.75, 3.05) is 13.1 Å². The standard InChI is InChI=1S/C10H12ClNO2/c11-9-2-1-4-12(6-9)10(13)8-3-5-14-7-8/h3,5,7,9H,1-2,4,6H2. The Balaban J connectivity index is 2.04. The van der Waals surface area contributed by atoms with E-state index in [-0.39, 0.29) is 11.3 Å². The van der Waals surface area contributed by atoms with Crippen molar-refractivity contribution in [3.05, 3.63) is 24.2 Å². The molecule has 0 N–H and O–H groups in total. The molecule has 1 atom stereocenters. The highest BCUT2D eigenvalue weighted by atomic mass is 35.5. The molecule has 2 rings (SSSR count). The molecule has 2 heterocycles. The van der Waals surface area contributed by atoms with Crippen molar-refractivity contribution in [1.82, 2.24) is 4.90 Å². The molecule has 1 aliphatic rings. The van der Waals surface area contributed by atoms with Gasteiger partial charge in [-0.05, 0) is 18.9 Å². The summed E-state index contributed by atoms with van der Waals surface area (Å²) in [6.45, 7) is 1.44. The lowest BCUT2D eigenvalue weighted by Crippen LogP contribution is -2.40. The second-order valence-corrected chi connectivity index (χ2v) is 4.12. The second-order valence-electron chi connectivity index (χ2n) is 3.50. The summed E-state index contributed by atoms with van der Waals surface area (Å²) < 4.78 is 4.87. The van der Waals surface area contributed by atoms with Gasteiger partial charge in [-0.25, -0.2) is 0 Å². The Bertz CT molecular complexity index is 310. The van der Waals surface area contributed by atoms with Crippen LogP contribution in [-0.2, 0) is 0 Å². The Morgan fingerprint density at radius 1 is 1.64 bits per heavy atom. The first-order chi connectivity index (χ1) is 6.77. The maximum Gasteiger partial charge on any atom is 0.257 e. The number of furan rings is 1. The van der Waals surface area contributed by atoms with Crippen LogP contribution in [0.5, 0.6) is 0 Å². The highest BCUT2D eigenvalue weighted by Crippen LogP contribution is 2.17. The van der Waals surface area contributed by atoms with Crippen LogP contribution in [-0.4, -0.2) is 29.3 Å². The first kappa shape index (κ1) is 9.59. The lowest BCUT2D eigenvalue weighted by Gasteiger charge is -2.29. The molecular formula is C10H12ClNO2. The Hall–Kier alpha value is -0.960. The van der Waals surface area contributed by atoms with Gasteiger partial charge in [-0.2, -0.15) is 0 Å². The number of carbonyl (C=O) groups excluding carboxylic acids is 1. The number of carbonyl (C=O) groups is 1. The van der Waals surface area contributed by atoms with E-state index in [4.69, 9.17) is 16.0 Å². The number of rotatable bonds is 1. The van der Waals surface area contributed by atoms with Gasteiger partial charge in [-0.1, -0.05) is 0 Å². The van der Waals surface area contributed by atoms with Gasteiger partial charge in [-0.3, -0.25) is 4.79 Å². The lowest BCUT2D eigenvalue weighted by molar-refractivity contribution is 0.0726. The van der Waals surface area contributed by atoms with E-state index >= 15 is 0 Å². The number of hydrogen-bond acceptors (Lipinski definition) is 2. The summed E-state index contributed by atoms with van der Waals surface area (Å²) in [7, 11) is 0. The Labute approximate surface area is 87.6 Å². The molecule has 1 aromatic heterocycles. The third-order valence-corrected chi connectivity index (χ3v) is 2.78. The minimum absolute atomic E-state index is 0.0177. The summed E-state index contributed by atoms with van der Waals surface area (Å²) in [6, 6.07) is 1.68. The average molecular weight is 214 g/mol. The molecule has 1 saturated heterocycles. The Morgan fingerprint density at radius 3 is 3.14 bits per heavy atom. The molecule has 1 amide bonds. The maximum atomic E-state index is 11.8. The molecule has 4 heteroatoms. The molecular weight excluding hydrogens is 202 g/mol. The minimum Gasteiger partial charge on any atom is -0.472 e. The van der Waals surface area contributed by atoms with E-state index in [1.54, 1.807) is 11.0 Å². The number of hydrogen-bond donors (Lipinski definition) is 0. The topological polar surface area (TPSA) is 33.5 Å². The molecule has 0 aromatic carbocycles. The zero-order valence-corrected chi connectivity index (χ0v) is 8.54. The fraction of sp³-hybridized carbons (Fsp3) is 0.500. The normalized spacial score (nSPS) is 22.4. The predicted molar refractivity (Wildman–Crippen MR) is 53.5 cm³/mol. The number of piperidine rings is 1. The van der Waals surface area contributed by atoms with Gasteiger partial charge < -0.3 is 9.32 Å². The molecule has 1 aromatic rings. The van der Waals surface area contributed by atoms with Crippen molar-refractivity contribution in [1.29, 1.82) is 0 Å². The van der Waals surface area contributed by atoms with Crippen LogP contribution in [0.4, 0.5) is 0 Å². The van der Waals surface area contributed by atoms with Crippen LogP contribution in [0, 0.1) is 0 Å². The molecule has 1 aliphatic heterocycles. The number of amides is 1. The number of halogens is 1. The average Bonchev–Trinajstić information content (AvgIpc) is 2.69. The van der Waals surface area contributed by atoms with Crippen LogP contribution in [0.2, 0.25) is 0 Å². The van der Waals surface area contributed by atoms with Crippen LogP contribution >= 0.6 is 11.6 Å². The number of alkyl halides is 1. The third kappa shape index (κ3) is 1.93. The largest absolute Gasteiger partial charge is 0.472 e. The van der Waals surface area contributed by atoms with Gasteiger partial charge in [-0.15, -0.1) is 11.6 Å². The van der Waals surface area contributed by atoms with E-state index in [1.807, 2.05) is 0 Å². The van der Waals surface area contributed by atoms with E-state index in [1.165, 1.54) is 12.5 Å². The molecule has 0 aliphatic carbocycles. The quantitative estimate of drug-likeness (QED) is 0.670. The summed E-state index contributed by atoms with van der Waals surface area (Å²) in [5.74, 6) is 0.0177. The van der Waals surface area contributed by atoms with E-state index in [2.05, 4.69) is 0 Å². The van der Waals surface area contributed by atoms with Gasteiger partial charge >= 0.3 is 0 Å². The van der Waals surface area contributed by atoms with Gasteiger partial charge in [0.2, 0.25) is 0 Å². The fourth-order valence-electron chi connectivity index (χ4n) is 1.68. The zero-order valence-electron chi connectivity index (χ0n) is 7.78. The summed E-state index contributed by atoms with van der Waals surface area (Å²) in [5.41, 5.74) is 0.607. The zero-order chi connectivity index (χ0) is 9.97. The summed E-state index contributed by atoms with van der Waals surface area (Å²) in [5, 5.41) is 0.0969. The molecule has 1 unspecified atom stereocenters. The van der Waals surface area contributed by atoms with Crippen LogP contribution in [0.25, 0.3) is 0 Å². The monoisotopic (exact) mass is 213 g/mol. The molecule has 1 fully saturated rings. The van der Waals surface area contributed by atoms with Crippen molar-refractivity contribution in [2.45, 2.75) is 18.2 Å². The van der Waals surface area contributed by atoms with Gasteiger partial charge in [0.1, 0.15) is 6.26 Å². The molecule has 76 valence electrons. The molecule has 0 bridgehead atoms. The second kappa shape index (κ2) is 4.05. The van der Waals surface area contributed by atoms with Crippen molar-refractivity contribution in [3.8, 4) is 0 Å². The SMILES string of the molecule is O=C(c1ccoc1)N1CCCC(Cl)C1. The Morgan fingerprint density at radius 2 is 2.50 bits per heavy atom. The number of nitrogens with zero attached hydrogens (tertiary/aromatic N) is 1. The summed E-state index contributed by atoms with van der Waals surface area (Å²) >= 11 is 6.00. The van der Waals surface area contributed by atoms with Crippen LogP contribution in [0.15, 0.2) is 23.0 Å². The van der Waals surface area contributed by atoms with Gasteiger partial charge in [0.15, 0.2) is 0 Å². The molecule has 0 radical (unpaired) electrons. The molecule has 0 saturated carbocycles. The number of likely N-dealkylation sites (tertiary alicyclic amines) is 1. The highest BCUT2D eigenvalue weighted by molar-refractivity contribution is 6.21. The molecule has 3 nitrogen and oxygen atoms in total. The van der Waals surface area contributed by atoms with Gasteiger partial charge in [0.05, 0.1) is 17.2 Å². The van der Waals surface area contributed by atoms with E-state index in [0.29, 0.717) is 12.1 Å². The summed E-state index contributed by atoms with van der Waals surface area (Å²) in [4.78, 5) is 13.6. The smallest absolute Gasteiger partial charge is 0.257 e. The van der Waals surface area contributed by atoms with Gasteiger partial charge in [0, 0.05) is 13.1 Å². The maximum absolute atomic E-state index is 11.8. The van der Waals surface area contributed by atoms with Gasteiger partial charge in [0.25, 0.3) is 5.91 Å². The molecule has 14 heavy (non-hydrogen) atoms. The minimum atomic E-state index is 0.0177. The summed E-state index contributed by atoms with van der Waals surface area (Å²) in [6.07, 6.45) is 4.96. The van der Waals surface area contributed by atoms with Crippen molar-refractivity contribution < 1.29 is 9.21 Å². The van der Waals surface area contributed by atoms with Crippen LogP contribution in [0.3, 0.4) is 0 Å². The van der Waals surface area contributed by atoms with E-state index < -0.39 is 0 Å². The fourth-order valence-corrected chi connectivity index (χ4v) is 2.00. The third-order valence-electron chi connectivity index (χ3n) is 2.42. The van der Waals surface area contributed by atoms with Crippen LogP contribution < -0.4 is 0 Å². The Kier molecular flexibility index (Phi) is 2.77. The first-order valence-electron chi connectivity index (χ1n) is 4.73. The van der Waals surface area contributed by atoms with Crippen LogP contribution in [0.1, 0.15) is 23.2 Å².